The van der Waals surface area contributed by atoms with E-state index >= 15 is 0 Å². The van der Waals surface area contributed by atoms with Crippen LogP contribution in [0.4, 0.5) is 9.80 Å². The average molecular weight is 420 g/mol. The summed E-state index contributed by atoms with van der Waals surface area (Å²) in [5, 5.41) is 10.9. The molecule has 9 nitrogen and oxygen atoms in total. The first-order valence-corrected chi connectivity index (χ1v) is 10.8. The molecule has 0 saturated carbocycles. The zero-order valence-electron chi connectivity index (χ0n) is 16.3. The van der Waals surface area contributed by atoms with Crippen molar-refractivity contribution in [1.29, 1.82) is 0 Å². The minimum atomic E-state index is -4.06. The van der Waals surface area contributed by atoms with Gasteiger partial charge in [-0.05, 0) is 47.6 Å². The summed E-state index contributed by atoms with van der Waals surface area (Å²) in [5.74, 6) is 0. The summed E-state index contributed by atoms with van der Waals surface area (Å²) in [7, 11) is -4.06. The molecule has 0 spiro atoms. The third kappa shape index (κ3) is 4.58. The highest BCUT2D eigenvalue weighted by atomic mass is 32.2. The van der Waals surface area contributed by atoms with Gasteiger partial charge in [-0.25, -0.2) is 13.2 Å². The molecule has 2 unspecified atom stereocenters. The monoisotopic (exact) mass is 419 g/mol. The molecule has 0 N–H and O–H groups in total. The van der Waals surface area contributed by atoms with E-state index in [1.165, 1.54) is 15.3 Å². The highest BCUT2D eigenvalue weighted by Crippen LogP contribution is 2.36. The van der Waals surface area contributed by atoms with Gasteiger partial charge in [-0.2, -0.15) is 4.31 Å². The highest BCUT2D eigenvalue weighted by Gasteiger charge is 2.42. The van der Waals surface area contributed by atoms with Gasteiger partial charge in [0.1, 0.15) is 5.60 Å². The molecule has 0 aromatic carbocycles. The van der Waals surface area contributed by atoms with Crippen LogP contribution in [0.5, 0.6) is 0 Å². The van der Waals surface area contributed by atoms with Gasteiger partial charge in [-0.15, -0.1) is 0 Å². The first kappa shape index (κ1) is 21.6. The maximum Gasteiger partial charge on any atom is 0.410 e. The van der Waals surface area contributed by atoms with Crippen molar-refractivity contribution in [1.82, 2.24) is 9.21 Å². The number of nitro groups is 1. The minimum absolute atomic E-state index is 0.0365. The number of nitrogens with zero attached hydrogens (tertiary/aromatic N) is 3. The Bertz CT molecular complexity index is 843. The molecular formula is C16H25N3O6S2. The fourth-order valence-corrected chi connectivity index (χ4v) is 5.98. The standard InChI is InChI=1S/C16H25N3O6S2/c1-10-9-18(11(2)8-17(10)15(20)25-16(4,5)6)27(23,24)13-7-12(3)26-14(13)19(21)22/h7,10-11H,8-9H2,1-6H3. The smallest absolute Gasteiger partial charge is 0.410 e. The van der Waals surface area contributed by atoms with Crippen LogP contribution in [0.15, 0.2) is 11.0 Å². The van der Waals surface area contributed by atoms with E-state index in [9.17, 15) is 23.3 Å². The number of thiophene rings is 1. The molecule has 0 aliphatic carbocycles. The Hall–Kier alpha value is -1.72. The lowest BCUT2D eigenvalue weighted by atomic mass is 10.1. The lowest BCUT2D eigenvalue weighted by Crippen LogP contribution is -2.59. The van der Waals surface area contributed by atoms with Gasteiger partial charge in [0.2, 0.25) is 0 Å². The van der Waals surface area contributed by atoms with Crippen LogP contribution >= 0.6 is 11.3 Å². The first-order chi connectivity index (χ1) is 12.2. The van der Waals surface area contributed by atoms with E-state index in [4.69, 9.17) is 4.74 Å². The summed E-state index contributed by atoms with van der Waals surface area (Å²) in [6.45, 7) is 10.5. The molecule has 0 bridgehead atoms. The van der Waals surface area contributed by atoms with Crippen LogP contribution in [0.2, 0.25) is 0 Å². The number of ether oxygens (including phenoxy) is 1. The Balaban J connectivity index is 2.29. The molecule has 11 heteroatoms. The second kappa shape index (κ2) is 7.36. The number of piperazine rings is 1. The minimum Gasteiger partial charge on any atom is -0.444 e. The molecule has 1 aliphatic heterocycles. The Labute approximate surface area is 163 Å². The van der Waals surface area contributed by atoms with Crippen molar-refractivity contribution in [3.05, 3.63) is 21.1 Å². The van der Waals surface area contributed by atoms with Crippen LogP contribution in [0.25, 0.3) is 0 Å². The van der Waals surface area contributed by atoms with E-state index in [0.717, 1.165) is 11.3 Å². The van der Waals surface area contributed by atoms with E-state index in [1.807, 2.05) is 0 Å². The number of hydrogen-bond donors (Lipinski definition) is 0. The number of aryl methyl sites for hydroxylation is 1. The van der Waals surface area contributed by atoms with Gasteiger partial charge < -0.3 is 9.64 Å². The van der Waals surface area contributed by atoms with Crippen LogP contribution in [0, 0.1) is 17.0 Å². The number of carbonyl (C=O) groups is 1. The van der Waals surface area contributed by atoms with Crippen LogP contribution < -0.4 is 0 Å². The first-order valence-electron chi connectivity index (χ1n) is 8.50. The normalized spacial score (nSPS) is 21.9. The zero-order valence-corrected chi connectivity index (χ0v) is 17.9. The second-order valence-corrected chi connectivity index (χ2v) is 10.8. The number of carbonyl (C=O) groups excluding carboxylic acids is 1. The largest absolute Gasteiger partial charge is 0.444 e. The Morgan fingerprint density at radius 3 is 2.41 bits per heavy atom. The molecule has 2 rings (SSSR count). The van der Waals surface area contributed by atoms with E-state index in [-0.39, 0.29) is 23.0 Å². The Kier molecular flexibility index (Phi) is 5.88. The maximum absolute atomic E-state index is 13.1. The number of sulfonamides is 1. The van der Waals surface area contributed by atoms with E-state index < -0.39 is 38.7 Å². The molecule has 152 valence electrons. The van der Waals surface area contributed by atoms with Crippen molar-refractivity contribution >= 4 is 32.5 Å². The van der Waals surface area contributed by atoms with E-state index in [0.29, 0.717) is 4.88 Å². The predicted molar refractivity (Wildman–Crippen MR) is 101 cm³/mol. The fourth-order valence-electron chi connectivity index (χ4n) is 2.92. The molecule has 2 atom stereocenters. The van der Waals surface area contributed by atoms with Crippen molar-refractivity contribution in [2.75, 3.05) is 13.1 Å². The molecule has 1 aromatic rings. The van der Waals surface area contributed by atoms with Gasteiger partial charge >= 0.3 is 11.1 Å². The molecule has 1 amide bonds. The molecule has 1 fully saturated rings. The number of hydrogen-bond acceptors (Lipinski definition) is 7. The SMILES string of the molecule is Cc1cc(S(=O)(=O)N2CC(C)N(C(=O)OC(C)(C)C)CC2C)c([N+](=O)[O-])s1. The third-order valence-corrected chi connectivity index (χ3v) is 7.24. The Morgan fingerprint density at radius 1 is 1.30 bits per heavy atom. The number of amides is 1. The predicted octanol–water partition coefficient (Wildman–Crippen LogP) is 2.98. The zero-order chi connectivity index (χ0) is 20.7. The Morgan fingerprint density at radius 2 is 1.89 bits per heavy atom. The molecule has 1 aromatic heterocycles. The fraction of sp³-hybridized carbons (Fsp3) is 0.688. The van der Waals surface area contributed by atoms with E-state index in [2.05, 4.69) is 0 Å². The second-order valence-electron chi connectivity index (χ2n) is 7.69. The quantitative estimate of drug-likeness (QED) is 0.550. The number of rotatable bonds is 3. The van der Waals surface area contributed by atoms with Crippen molar-refractivity contribution in [2.45, 2.75) is 64.1 Å². The summed E-state index contributed by atoms with van der Waals surface area (Å²) in [4.78, 5) is 24.7. The van der Waals surface area contributed by atoms with Gasteiger partial charge in [-0.3, -0.25) is 10.1 Å². The third-order valence-electron chi connectivity index (χ3n) is 4.11. The van der Waals surface area contributed by atoms with Gasteiger partial charge in [-0.1, -0.05) is 11.3 Å². The van der Waals surface area contributed by atoms with Crippen LogP contribution in [-0.2, 0) is 14.8 Å². The molecule has 1 saturated heterocycles. The topological polar surface area (TPSA) is 110 Å². The van der Waals surface area contributed by atoms with Crippen molar-refractivity contribution in [3.8, 4) is 0 Å². The lowest BCUT2D eigenvalue weighted by Gasteiger charge is -2.43. The molecule has 1 aliphatic rings. The summed E-state index contributed by atoms with van der Waals surface area (Å²) in [5.41, 5.74) is -0.655. The summed E-state index contributed by atoms with van der Waals surface area (Å²) >= 11 is 0.838. The van der Waals surface area contributed by atoms with Gasteiger partial charge in [0.25, 0.3) is 10.0 Å². The summed E-state index contributed by atoms with van der Waals surface area (Å²) in [6.07, 6.45) is -0.503. The van der Waals surface area contributed by atoms with Gasteiger partial charge in [0.05, 0.1) is 4.92 Å². The van der Waals surface area contributed by atoms with Crippen LogP contribution in [0.3, 0.4) is 0 Å². The average Bonchev–Trinajstić information content (AvgIpc) is 2.90. The molecule has 27 heavy (non-hydrogen) atoms. The lowest BCUT2D eigenvalue weighted by molar-refractivity contribution is -0.383. The summed E-state index contributed by atoms with van der Waals surface area (Å²) < 4.78 is 32.8. The van der Waals surface area contributed by atoms with Crippen LogP contribution in [0.1, 0.15) is 39.5 Å². The van der Waals surface area contributed by atoms with Crippen molar-refractivity contribution in [2.24, 2.45) is 0 Å². The van der Waals surface area contributed by atoms with Crippen LogP contribution in [-0.4, -0.2) is 59.4 Å². The molecular weight excluding hydrogens is 394 g/mol. The maximum atomic E-state index is 13.1. The van der Waals surface area contributed by atoms with Gasteiger partial charge in [0, 0.05) is 30.1 Å². The van der Waals surface area contributed by atoms with Gasteiger partial charge in [0.15, 0.2) is 4.90 Å². The summed E-state index contributed by atoms with van der Waals surface area (Å²) in [6, 6.07) is 0.360. The highest BCUT2D eigenvalue weighted by molar-refractivity contribution is 7.89. The van der Waals surface area contributed by atoms with Crippen molar-refractivity contribution in [3.63, 3.8) is 0 Å². The molecule has 0 radical (unpaired) electrons. The van der Waals surface area contributed by atoms with Crippen molar-refractivity contribution < 1.29 is 22.9 Å². The molecule has 2 heterocycles. The van der Waals surface area contributed by atoms with E-state index in [1.54, 1.807) is 41.5 Å².